The van der Waals surface area contributed by atoms with E-state index in [-0.39, 0.29) is 17.8 Å². The Bertz CT molecular complexity index is 366. The van der Waals surface area contributed by atoms with Crippen molar-refractivity contribution in [2.75, 3.05) is 13.2 Å². The quantitative estimate of drug-likeness (QED) is 0.765. The number of ether oxygens (including phenoxy) is 1. The van der Waals surface area contributed by atoms with Crippen LogP contribution in [0, 0.1) is 5.41 Å². The number of nitrogens with one attached hydrogen (secondary N) is 1. The number of benzene rings is 1. The molecule has 0 spiro atoms. The summed E-state index contributed by atoms with van der Waals surface area (Å²) in [6.45, 7) is 2.98. The maximum atomic E-state index is 12.0. The molecule has 0 fully saturated rings. The lowest BCUT2D eigenvalue weighted by Crippen LogP contribution is -2.29. The number of alkyl halides is 2. The normalized spacial score (nSPS) is 11.9. The Labute approximate surface area is 112 Å². The lowest BCUT2D eigenvalue weighted by atomic mass is 9.90. The largest absolute Gasteiger partial charge is 0.435 e. The topological polar surface area (TPSA) is 41.5 Å². The molecule has 0 aromatic heterocycles. The maximum absolute atomic E-state index is 12.0. The van der Waals surface area contributed by atoms with Gasteiger partial charge in [0.2, 0.25) is 0 Å². The molecule has 0 aliphatic heterocycles. The van der Waals surface area contributed by atoms with Crippen molar-refractivity contribution in [1.29, 1.82) is 0 Å². The predicted octanol–water partition coefficient (Wildman–Crippen LogP) is 2.79. The predicted molar refractivity (Wildman–Crippen MR) is 70.3 cm³/mol. The van der Waals surface area contributed by atoms with E-state index >= 15 is 0 Å². The highest BCUT2D eigenvalue weighted by Gasteiger charge is 2.16. The summed E-state index contributed by atoms with van der Waals surface area (Å²) in [7, 11) is 0. The van der Waals surface area contributed by atoms with Gasteiger partial charge in [-0.15, -0.1) is 0 Å². The van der Waals surface area contributed by atoms with Crippen molar-refractivity contribution in [3.05, 3.63) is 29.8 Å². The minimum Gasteiger partial charge on any atom is -0.435 e. The van der Waals surface area contributed by atoms with E-state index in [9.17, 15) is 8.78 Å². The van der Waals surface area contributed by atoms with Gasteiger partial charge in [0, 0.05) is 19.7 Å². The zero-order valence-corrected chi connectivity index (χ0v) is 11.3. The fourth-order valence-corrected chi connectivity index (χ4v) is 1.73. The number of hydrogen-bond acceptors (Lipinski definition) is 3. The molecule has 108 valence electrons. The first-order chi connectivity index (χ1) is 8.93. The van der Waals surface area contributed by atoms with Crippen LogP contribution in [-0.4, -0.2) is 24.9 Å². The molecule has 1 aromatic carbocycles. The molecule has 0 aliphatic rings. The van der Waals surface area contributed by atoms with Gasteiger partial charge in [0.25, 0.3) is 0 Å². The monoisotopic (exact) mass is 273 g/mol. The summed E-state index contributed by atoms with van der Waals surface area (Å²) in [5.41, 5.74) is 1.04. The molecule has 0 amide bonds. The number of aliphatic hydroxyl groups is 1. The molecule has 0 saturated carbocycles. The minimum atomic E-state index is -2.79. The Hall–Kier alpha value is -1.20. The van der Waals surface area contributed by atoms with Crippen LogP contribution in [0.3, 0.4) is 0 Å². The Balaban J connectivity index is 2.38. The van der Waals surface area contributed by atoms with E-state index < -0.39 is 6.61 Å². The van der Waals surface area contributed by atoms with Crippen LogP contribution >= 0.6 is 0 Å². The van der Waals surface area contributed by atoms with Crippen LogP contribution in [0.1, 0.15) is 25.8 Å². The zero-order chi connectivity index (χ0) is 14.3. The summed E-state index contributed by atoms with van der Waals surface area (Å²) in [4.78, 5) is 0. The number of hydrogen-bond donors (Lipinski definition) is 2. The van der Waals surface area contributed by atoms with Crippen LogP contribution in [0.2, 0.25) is 0 Å². The van der Waals surface area contributed by atoms with Crippen LogP contribution in [-0.2, 0) is 6.54 Å². The van der Waals surface area contributed by atoms with Gasteiger partial charge in [-0.2, -0.15) is 8.78 Å². The molecule has 0 bridgehead atoms. The highest BCUT2D eigenvalue weighted by molar-refractivity contribution is 5.27. The molecule has 19 heavy (non-hydrogen) atoms. The zero-order valence-electron chi connectivity index (χ0n) is 11.3. The Morgan fingerprint density at radius 1 is 1.26 bits per heavy atom. The molecule has 1 rings (SSSR count). The summed E-state index contributed by atoms with van der Waals surface area (Å²) in [5, 5.41) is 12.2. The van der Waals surface area contributed by atoms with Crippen molar-refractivity contribution < 1.29 is 18.6 Å². The lowest BCUT2D eigenvalue weighted by molar-refractivity contribution is -0.0498. The van der Waals surface area contributed by atoms with Gasteiger partial charge in [-0.05, 0) is 29.5 Å². The molecular weight excluding hydrogens is 252 g/mol. The molecule has 0 radical (unpaired) electrons. The highest BCUT2D eigenvalue weighted by atomic mass is 19.3. The molecule has 0 saturated heterocycles. The van der Waals surface area contributed by atoms with Gasteiger partial charge in [0.05, 0.1) is 0 Å². The first-order valence-corrected chi connectivity index (χ1v) is 6.28. The van der Waals surface area contributed by atoms with Gasteiger partial charge in [0.15, 0.2) is 0 Å². The molecular formula is C14H21F2NO2. The first-order valence-electron chi connectivity index (χ1n) is 6.28. The molecule has 0 atom stereocenters. The minimum absolute atomic E-state index is 0.0352. The van der Waals surface area contributed by atoms with Crippen molar-refractivity contribution in [3.63, 3.8) is 0 Å². The van der Waals surface area contributed by atoms with E-state index in [1.54, 1.807) is 12.1 Å². The van der Waals surface area contributed by atoms with Gasteiger partial charge in [-0.25, -0.2) is 0 Å². The molecule has 3 nitrogen and oxygen atoms in total. The average Bonchev–Trinajstić information content (AvgIpc) is 2.30. The van der Waals surface area contributed by atoms with E-state index in [1.165, 1.54) is 12.1 Å². The van der Waals surface area contributed by atoms with E-state index in [0.717, 1.165) is 18.5 Å². The summed E-state index contributed by atoms with van der Waals surface area (Å²) < 4.78 is 28.2. The van der Waals surface area contributed by atoms with Crippen molar-refractivity contribution in [2.45, 2.75) is 33.4 Å². The second-order valence-electron chi connectivity index (χ2n) is 5.26. The Kier molecular flexibility index (Phi) is 6.18. The second-order valence-corrected chi connectivity index (χ2v) is 5.26. The molecule has 1 aromatic rings. The molecule has 0 heterocycles. The summed E-state index contributed by atoms with van der Waals surface area (Å²) in [5.74, 6) is 0.166. The standard InChI is InChI=1S/C14H21F2NO2/c1-14(2,7-8-18)10-17-9-11-3-5-12(6-4-11)19-13(15)16/h3-6,13,17-18H,7-10H2,1-2H3. The molecule has 5 heteroatoms. The number of rotatable bonds is 8. The summed E-state index contributed by atoms with van der Waals surface area (Å²) >= 11 is 0. The van der Waals surface area contributed by atoms with Crippen molar-refractivity contribution in [1.82, 2.24) is 5.32 Å². The third kappa shape index (κ3) is 6.50. The van der Waals surface area contributed by atoms with Crippen molar-refractivity contribution in [2.24, 2.45) is 5.41 Å². The lowest BCUT2D eigenvalue weighted by Gasteiger charge is -2.24. The van der Waals surface area contributed by atoms with Crippen molar-refractivity contribution in [3.8, 4) is 5.75 Å². The molecule has 0 unspecified atom stereocenters. The second kappa shape index (κ2) is 7.40. The van der Waals surface area contributed by atoms with E-state index in [1.807, 2.05) is 0 Å². The number of aliphatic hydroxyl groups excluding tert-OH is 1. The van der Waals surface area contributed by atoms with Crippen LogP contribution in [0.15, 0.2) is 24.3 Å². The van der Waals surface area contributed by atoms with Crippen molar-refractivity contribution >= 4 is 0 Å². The van der Waals surface area contributed by atoms with E-state index in [0.29, 0.717) is 6.54 Å². The number of halogens is 2. The van der Waals surface area contributed by atoms with Gasteiger partial charge in [-0.1, -0.05) is 26.0 Å². The summed E-state index contributed by atoms with van der Waals surface area (Å²) in [6, 6.07) is 6.57. The van der Waals surface area contributed by atoms with Crippen LogP contribution in [0.4, 0.5) is 8.78 Å². The fourth-order valence-electron chi connectivity index (χ4n) is 1.73. The Morgan fingerprint density at radius 3 is 2.42 bits per heavy atom. The Morgan fingerprint density at radius 2 is 1.89 bits per heavy atom. The van der Waals surface area contributed by atoms with Crippen LogP contribution in [0.25, 0.3) is 0 Å². The fraction of sp³-hybridized carbons (Fsp3) is 0.571. The smallest absolute Gasteiger partial charge is 0.387 e. The first kappa shape index (κ1) is 15.9. The molecule has 2 N–H and O–H groups in total. The van der Waals surface area contributed by atoms with Gasteiger partial charge >= 0.3 is 6.61 Å². The van der Waals surface area contributed by atoms with E-state index in [2.05, 4.69) is 23.9 Å². The molecule has 0 aliphatic carbocycles. The van der Waals surface area contributed by atoms with E-state index in [4.69, 9.17) is 5.11 Å². The van der Waals surface area contributed by atoms with Gasteiger partial charge in [0.1, 0.15) is 5.75 Å². The maximum Gasteiger partial charge on any atom is 0.387 e. The van der Waals surface area contributed by atoms with Gasteiger partial charge in [-0.3, -0.25) is 0 Å². The van der Waals surface area contributed by atoms with Gasteiger partial charge < -0.3 is 15.2 Å². The third-order valence-corrected chi connectivity index (χ3v) is 2.87. The SMILES string of the molecule is CC(C)(CCO)CNCc1ccc(OC(F)F)cc1. The van der Waals surface area contributed by atoms with Crippen LogP contribution < -0.4 is 10.1 Å². The summed E-state index contributed by atoms with van der Waals surface area (Å²) in [6.07, 6.45) is 0.737. The third-order valence-electron chi connectivity index (χ3n) is 2.87. The average molecular weight is 273 g/mol. The van der Waals surface area contributed by atoms with Crippen LogP contribution in [0.5, 0.6) is 5.75 Å². The highest BCUT2D eigenvalue weighted by Crippen LogP contribution is 2.19.